The Morgan fingerprint density at radius 3 is 2.35 bits per heavy atom. The molecule has 3 aliphatic rings. The minimum Gasteiger partial charge on any atom is -0.496 e. The molecule has 2 heterocycles. The molecule has 37 heavy (non-hydrogen) atoms. The van der Waals surface area contributed by atoms with Gasteiger partial charge in [-0.15, -0.1) is 0 Å². The normalized spacial score (nSPS) is 25.2. The van der Waals surface area contributed by atoms with E-state index in [1.807, 2.05) is 48.5 Å². The van der Waals surface area contributed by atoms with E-state index in [9.17, 15) is 5.11 Å². The molecule has 0 saturated carbocycles. The van der Waals surface area contributed by atoms with Crippen molar-refractivity contribution in [2.45, 2.75) is 37.5 Å². The Bertz CT molecular complexity index is 1350. The molecule has 1 saturated heterocycles. The maximum Gasteiger partial charge on any atom is 0.198 e. The van der Waals surface area contributed by atoms with Crippen molar-refractivity contribution in [3.05, 3.63) is 113 Å². The predicted octanol–water partition coefficient (Wildman–Crippen LogP) is 5.37. The van der Waals surface area contributed by atoms with Crippen LogP contribution in [0.4, 0.5) is 0 Å². The number of likely N-dealkylation sites (tertiary alicyclic amines) is 1. The van der Waals surface area contributed by atoms with E-state index >= 15 is 0 Å². The van der Waals surface area contributed by atoms with Gasteiger partial charge in [0.2, 0.25) is 0 Å². The molecule has 5 nitrogen and oxygen atoms in total. The highest BCUT2D eigenvalue weighted by Crippen LogP contribution is 2.57. The summed E-state index contributed by atoms with van der Waals surface area (Å²) in [6, 6.07) is 28.8. The minimum atomic E-state index is -0.880. The number of nitrogens with zero attached hydrogens (tertiary/aromatic N) is 2. The highest BCUT2D eigenvalue weighted by Gasteiger charge is 2.61. The smallest absolute Gasteiger partial charge is 0.198 e. The lowest BCUT2D eigenvalue weighted by atomic mass is 9.59. The quantitative estimate of drug-likeness (QED) is 0.501. The van der Waals surface area contributed by atoms with E-state index in [1.165, 1.54) is 11.1 Å². The number of rotatable bonds is 6. The topological polar surface area (TPSA) is 54.3 Å². The molecule has 0 radical (unpaired) electrons. The zero-order chi connectivity index (χ0) is 25.6. The SMILES string of the molecule is COC1=C2CN(Cc3ccccc3)C[C@@H]2[C@@](C2=NC(C)(C)CO2)(C(O)c2ccccc2)c2ccccc21. The van der Waals surface area contributed by atoms with Crippen LogP contribution in [0.5, 0.6) is 0 Å². The Balaban J connectivity index is 1.58. The minimum absolute atomic E-state index is 0.0658. The summed E-state index contributed by atoms with van der Waals surface area (Å²) in [5.74, 6) is 1.47. The van der Waals surface area contributed by atoms with E-state index in [-0.39, 0.29) is 11.5 Å². The van der Waals surface area contributed by atoms with Gasteiger partial charge >= 0.3 is 0 Å². The molecule has 3 aromatic rings. The van der Waals surface area contributed by atoms with Crippen LogP contribution >= 0.6 is 0 Å². The van der Waals surface area contributed by atoms with Gasteiger partial charge in [-0.05, 0) is 36.1 Å². The second-order valence-corrected chi connectivity index (χ2v) is 11.0. The second-order valence-electron chi connectivity index (χ2n) is 11.0. The molecule has 1 aliphatic carbocycles. The van der Waals surface area contributed by atoms with Gasteiger partial charge in [0, 0.05) is 31.1 Å². The number of aliphatic hydroxyl groups is 1. The van der Waals surface area contributed by atoms with Crippen molar-refractivity contribution in [1.82, 2.24) is 4.90 Å². The number of ether oxygens (including phenoxy) is 2. The molecule has 3 aromatic carbocycles. The van der Waals surface area contributed by atoms with Crippen LogP contribution in [0.25, 0.3) is 5.76 Å². The largest absolute Gasteiger partial charge is 0.496 e. The summed E-state index contributed by atoms with van der Waals surface area (Å²) in [6.07, 6.45) is -0.849. The van der Waals surface area contributed by atoms with Crippen LogP contribution in [0.15, 0.2) is 95.5 Å². The molecule has 190 valence electrons. The van der Waals surface area contributed by atoms with Crippen molar-refractivity contribution < 1.29 is 14.6 Å². The number of aliphatic imine (C=N–C) groups is 1. The molecule has 5 heteroatoms. The average Bonchev–Trinajstić information content (AvgIpc) is 3.50. The molecule has 3 atom stereocenters. The van der Waals surface area contributed by atoms with Gasteiger partial charge in [0.15, 0.2) is 5.90 Å². The van der Waals surface area contributed by atoms with Crippen LogP contribution in [-0.4, -0.2) is 48.2 Å². The number of hydrogen-bond acceptors (Lipinski definition) is 5. The monoisotopic (exact) mass is 494 g/mol. The van der Waals surface area contributed by atoms with Crippen molar-refractivity contribution in [3.8, 4) is 0 Å². The number of hydrogen-bond donors (Lipinski definition) is 1. The Morgan fingerprint density at radius 1 is 1.00 bits per heavy atom. The number of aliphatic hydroxyl groups excluding tert-OH is 1. The van der Waals surface area contributed by atoms with Gasteiger partial charge < -0.3 is 14.6 Å². The fourth-order valence-electron chi connectivity index (χ4n) is 6.45. The van der Waals surface area contributed by atoms with Crippen molar-refractivity contribution >= 4 is 11.7 Å². The lowest BCUT2D eigenvalue weighted by Gasteiger charge is -2.46. The summed E-state index contributed by atoms with van der Waals surface area (Å²) in [6.45, 7) is 7.01. The molecule has 1 unspecified atom stereocenters. The second kappa shape index (κ2) is 9.16. The molecular weight excluding hydrogens is 460 g/mol. The third kappa shape index (κ3) is 3.89. The van der Waals surface area contributed by atoms with E-state index in [4.69, 9.17) is 14.5 Å². The first-order valence-corrected chi connectivity index (χ1v) is 13.0. The highest BCUT2D eigenvalue weighted by molar-refractivity contribution is 5.95. The summed E-state index contributed by atoms with van der Waals surface area (Å²) in [5.41, 5.74) is 4.09. The molecule has 0 aromatic heterocycles. The fourth-order valence-corrected chi connectivity index (χ4v) is 6.45. The van der Waals surface area contributed by atoms with Gasteiger partial charge in [0.05, 0.1) is 18.8 Å². The predicted molar refractivity (Wildman–Crippen MR) is 146 cm³/mol. The number of benzene rings is 3. The van der Waals surface area contributed by atoms with Gasteiger partial charge in [0.25, 0.3) is 0 Å². The van der Waals surface area contributed by atoms with E-state index in [1.54, 1.807) is 7.11 Å². The fraction of sp³-hybridized carbons (Fsp3) is 0.344. The molecule has 1 N–H and O–H groups in total. The Morgan fingerprint density at radius 2 is 1.68 bits per heavy atom. The number of fused-ring (bicyclic) bond motifs is 2. The van der Waals surface area contributed by atoms with Crippen LogP contribution in [-0.2, 0) is 21.4 Å². The number of methoxy groups -OCH3 is 1. The summed E-state index contributed by atoms with van der Waals surface area (Å²) >= 11 is 0. The zero-order valence-corrected chi connectivity index (χ0v) is 21.7. The summed E-state index contributed by atoms with van der Waals surface area (Å²) in [4.78, 5) is 7.59. The van der Waals surface area contributed by atoms with Crippen molar-refractivity contribution in [2.75, 3.05) is 26.8 Å². The van der Waals surface area contributed by atoms with E-state index in [2.05, 4.69) is 55.1 Å². The average molecular weight is 495 g/mol. The molecule has 1 fully saturated rings. The zero-order valence-electron chi connectivity index (χ0n) is 21.7. The van der Waals surface area contributed by atoms with E-state index < -0.39 is 11.5 Å². The third-order valence-electron chi connectivity index (χ3n) is 8.03. The standard InChI is InChI=1S/C32H34N2O3/c1-31(2)21-37-30(33-31)32(29(35)23-14-8-5-9-15-23)26-17-11-10-16-24(26)28(36-3)25-19-34(20-27(25)32)18-22-12-6-4-7-13-22/h4-17,27,29,35H,18-21H2,1-3H3/t27-,29?,32+/m0/s1. The lowest BCUT2D eigenvalue weighted by Crippen LogP contribution is -2.52. The Labute approximate surface area is 219 Å². The summed E-state index contributed by atoms with van der Waals surface area (Å²) < 4.78 is 12.6. The summed E-state index contributed by atoms with van der Waals surface area (Å²) in [7, 11) is 1.75. The summed E-state index contributed by atoms with van der Waals surface area (Å²) in [5, 5.41) is 12.4. The van der Waals surface area contributed by atoms with Crippen LogP contribution in [0.2, 0.25) is 0 Å². The van der Waals surface area contributed by atoms with Crippen LogP contribution in [0.1, 0.15) is 42.2 Å². The van der Waals surface area contributed by atoms with Gasteiger partial charge in [-0.1, -0.05) is 84.9 Å². The van der Waals surface area contributed by atoms with Gasteiger partial charge in [-0.2, -0.15) is 0 Å². The molecule has 0 bridgehead atoms. The van der Waals surface area contributed by atoms with Gasteiger partial charge in [0.1, 0.15) is 17.8 Å². The molecule has 2 aliphatic heterocycles. The van der Waals surface area contributed by atoms with Crippen molar-refractivity contribution in [2.24, 2.45) is 10.9 Å². The molecule has 0 amide bonds. The van der Waals surface area contributed by atoms with Gasteiger partial charge in [-0.3, -0.25) is 4.90 Å². The van der Waals surface area contributed by atoms with Crippen molar-refractivity contribution in [1.29, 1.82) is 0 Å². The van der Waals surface area contributed by atoms with E-state index in [0.717, 1.165) is 42.1 Å². The maximum absolute atomic E-state index is 12.4. The Hall–Kier alpha value is -3.41. The molecular formula is C32H34N2O3. The maximum atomic E-state index is 12.4. The molecule has 0 spiro atoms. The van der Waals surface area contributed by atoms with Gasteiger partial charge in [-0.25, -0.2) is 4.99 Å². The van der Waals surface area contributed by atoms with Crippen LogP contribution in [0, 0.1) is 5.92 Å². The van der Waals surface area contributed by atoms with Crippen LogP contribution < -0.4 is 0 Å². The first-order valence-electron chi connectivity index (χ1n) is 13.0. The highest BCUT2D eigenvalue weighted by atomic mass is 16.5. The third-order valence-corrected chi connectivity index (χ3v) is 8.03. The van der Waals surface area contributed by atoms with E-state index in [0.29, 0.717) is 12.5 Å². The first kappa shape index (κ1) is 24.0. The van der Waals surface area contributed by atoms with Crippen molar-refractivity contribution in [3.63, 3.8) is 0 Å². The lowest BCUT2D eigenvalue weighted by molar-refractivity contribution is 0.0719. The molecule has 6 rings (SSSR count). The first-order chi connectivity index (χ1) is 17.9. The Kier molecular flexibility index (Phi) is 5.93. The van der Waals surface area contributed by atoms with Crippen LogP contribution in [0.3, 0.4) is 0 Å².